The zero-order valence-corrected chi connectivity index (χ0v) is 11.6. The van der Waals surface area contributed by atoms with Crippen LogP contribution in [0.5, 0.6) is 0 Å². The van der Waals surface area contributed by atoms with E-state index < -0.39 is 0 Å². The summed E-state index contributed by atoms with van der Waals surface area (Å²) in [6.45, 7) is 5.04. The van der Waals surface area contributed by atoms with E-state index in [1.54, 1.807) is 12.3 Å². The molecule has 1 N–H and O–H groups in total. The van der Waals surface area contributed by atoms with Crippen LogP contribution in [0.1, 0.15) is 32.6 Å². The number of aliphatic hydroxyl groups excluding tert-OH is 1. The summed E-state index contributed by atoms with van der Waals surface area (Å²) in [5, 5.41) is 13.0. The van der Waals surface area contributed by atoms with E-state index in [2.05, 4.69) is 16.9 Å². The zero-order chi connectivity index (χ0) is 13.7. The van der Waals surface area contributed by atoms with E-state index in [0.29, 0.717) is 13.0 Å². The van der Waals surface area contributed by atoms with Gasteiger partial charge >= 0.3 is 0 Å². The molecule has 0 amide bonds. The molecule has 2 heterocycles. The van der Waals surface area contributed by atoms with E-state index in [4.69, 9.17) is 5.11 Å². The Balaban J connectivity index is 2.00. The molecular weight excluding hydrogens is 242 g/mol. The zero-order valence-electron chi connectivity index (χ0n) is 11.6. The molecule has 106 valence electrons. The monoisotopic (exact) mass is 265 g/mol. The summed E-state index contributed by atoms with van der Waals surface area (Å²) in [6, 6.07) is 1.68. The Kier molecular flexibility index (Phi) is 4.96. The van der Waals surface area contributed by atoms with Gasteiger partial charge in [0.1, 0.15) is 0 Å². The van der Waals surface area contributed by atoms with Crippen molar-refractivity contribution in [2.75, 3.05) is 24.6 Å². The molecule has 5 heteroatoms. The van der Waals surface area contributed by atoms with Crippen molar-refractivity contribution in [3.8, 4) is 0 Å². The molecule has 0 bridgehead atoms. The third-order valence-corrected chi connectivity index (χ3v) is 3.78. The van der Waals surface area contributed by atoms with Gasteiger partial charge in [-0.2, -0.15) is 5.10 Å². The van der Waals surface area contributed by atoms with Gasteiger partial charge < -0.3 is 10.0 Å². The Morgan fingerprint density at radius 2 is 2.11 bits per heavy atom. The number of aryl methyl sites for hydroxylation is 1. The van der Waals surface area contributed by atoms with Crippen LogP contribution in [0.4, 0.5) is 5.69 Å². The molecule has 1 aliphatic rings. The Hall–Kier alpha value is -1.36. The Bertz CT molecular complexity index is 450. The number of rotatable bonds is 5. The van der Waals surface area contributed by atoms with Gasteiger partial charge in [0.2, 0.25) is 0 Å². The van der Waals surface area contributed by atoms with Gasteiger partial charge in [-0.15, -0.1) is 0 Å². The highest BCUT2D eigenvalue weighted by Crippen LogP contribution is 2.20. The van der Waals surface area contributed by atoms with Crippen molar-refractivity contribution in [1.82, 2.24) is 9.78 Å². The molecule has 1 fully saturated rings. The maximum atomic E-state index is 12.0. The molecule has 0 radical (unpaired) electrons. The highest BCUT2D eigenvalue weighted by atomic mass is 16.2. The summed E-state index contributed by atoms with van der Waals surface area (Å²) in [5.41, 5.74) is 0.893. The molecule has 0 aromatic carbocycles. The number of nitrogens with zero attached hydrogens (tertiary/aromatic N) is 3. The van der Waals surface area contributed by atoms with Crippen LogP contribution in [0.2, 0.25) is 0 Å². The number of hydrogen-bond donors (Lipinski definition) is 1. The molecule has 1 saturated heterocycles. The number of aromatic nitrogens is 2. The fourth-order valence-electron chi connectivity index (χ4n) is 2.41. The smallest absolute Gasteiger partial charge is 0.268 e. The lowest BCUT2D eigenvalue weighted by molar-refractivity contribution is 0.279. The van der Waals surface area contributed by atoms with Gasteiger partial charge in [0.25, 0.3) is 5.56 Å². The van der Waals surface area contributed by atoms with Gasteiger partial charge in [-0.25, -0.2) is 4.68 Å². The molecule has 0 saturated carbocycles. The summed E-state index contributed by atoms with van der Waals surface area (Å²) in [6.07, 6.45) is 5.64. The maximum Gasteiger partial charge on any atom is 0.268 e. The quantitative estimate of drug-likeness (QED) is 0.814. The minimum atomic E-state index is -0.0472. The van der Waals surface area contributed by atoms with Crippen LogP contribution in [-0.4, -0.2) is 34.6 Å². The largest absolute Gasteiger partial charge is 0.396 e. The van der Waals surface area contributed by atoms with Gasteiger partial charge in [0.15, 0.2) is 0 Å². The average Bonchev–Trinajstić information content (AvgIpc) is 2.42. The Morgan fingerprint density at radius 3 is 2.74 bits per heavy atom. The molecule has 0 aliphatic carbocycles. The van der Waals surface area contributed by atoms with E-state index in [0.717, 1.165) is 31.1 Å². The van der Waals surface area contributed by atoms with Crippen molar-refractivity contribution in [3.63, 3.8) is 0 Å². The van der Waals surface area contributed by atoms with Gasteiger partial charge in [-0.3, -0.25) is 4.79 Å². The summed E-state index contributed by atoms with van der Waals surface area (Å²) in [5.74, 6) is 0.781. The Morgan fingerprint density at radius 1 is 1.37 bits per heavy atom. The molecule has 5 nitrogen and oxygen atoms in total. The van der Waals surface area contributed by atoms with Crippen LogP contribution in [0.3, 0.4) is 0 Å². The minimum absolute atomic E-state index is 0.0472. The molecule has 0 spiro atoms. The highest BCUT2D eigenvalue weighted by Gasteiger charge is 2.16. The van der Waals surface area contributed by atoms with Crippen LogP contribution in [0.15, 0.2) is 17.1 Å². The molecule has 19 heavy (non-hydrogen) atoms. The van der Waals surface area contributed by atoms with Crippen LogP contribution in [0.25, 0.3) is 0 Å². The van der Waals surface area contributed by atoms with Crippen molar-refractivity contribution in [3.05, 3.63) is 22.6 Å². The maximum absolute atomic E-state index is 12.0. The lowest BCUT2D eigenvalue weighted by atomic mass is 9.99. The number of piperidine rings is 1. The number of anilines is 1. The van der Waals surface area contributed by atoms with Gasteiger partial charge in [-0.1, -0.05) is 6.92 Å². The van der Waals surface area contributed by atoms with E-state index in [-0.39, 0.29) is 12.2 Å². The molecule has 0 atom stereocenters. The van der Waals surface area contributed by atoms with Gasteiger partial charge in [0, 0.05) is 32.3 Å². The van der Waals surface area contributed by atoms with Gasteiger partial charge in [0.05, 0.1) is 11.9 Å². The second-order valence-electron chi connectivity index (χ2n) is 5.38. The van der Waals surface area contributed by atoms with Crippen LogP contribution < -0.4 is 10.5 Å². The fourth-order valence-corrected chi connectivity index (χ4v) is 2.41. The van der Waals surface area contributed by atoms with Crippen molar-refractivity contribution >= 4 is 5.69 Å². The number of aliphatic hydroxyl groups is 1. The topological polar surface area (TPSA) is 58.4 Å². The summed E-state index contributed by atoms with van der Waals surface area (Å²) >= 11 is 0. The SMILES string of the molecule is CC1CCN(c2cnn(CCCCO)c(=O)c2)CC1. The fraction of sp³-hybridized carbons (Fsp3) is 0.714. The summed E-state index contributed by atoms with van der Waals surface area (Å²) < 4.78 is 1.48. The molecule has 1 aromatic rings. The molecule has 0 unspecified atom stereocenters. The number of unbranched alkanes of at least 4 members (excludes halogenated alkanes) is 1. The van der Waals surface area contributed by atoms with Crippen molar-refractivity contribution in [2.24, 2.45) is 5.92 Å². The highest BCUT2D eigenvalue weighted by molar-refractivity contribution is 5.43. The van der Waals surface area contributed by atoms with Crippen LogP contribution in [0, 0.1) is 5.92 Å². The van der Waals surface area contributed by atoms with E-state index in [9.17, 15) is 4.79 Å². The van der Waals surface area contributed by atoms with E-state index >= 15 is 0 Å². The Labute approximate surface area is 113 Å². The summed E-state index contributed by atoms with van der Waals surface area (Å²) in [7, 11) is 0. The van der Waals surface area contributed by atoms with E-state index in [1.807, 2.05) is 0 Å². The minimum Gasteiger partial charge on any atom is -0.396 e. The first-order chi connectivity index (χ1) is 9.20. The molecule has 1 aliphatic heterocycles. The second-order valence-corrected chi connectivity index (χ2v) is 5.38. The first-order valence-electron chi connectivity index (χ1n) is 7.13. The molecule has 1 aromatic heterocycles. The normalized spacial score (nSPS) is 16.8. The van der Waals surface area contributed by atoms with Crippen molar-refractivity contribution in [2.45, 2.75) is 39.2 Å². The lowest BCUT2D eigenvalue weighted by Crippen LogP contribution is -2.34. The van der Waals surface area contributed by atoms with E-state index in [1.165, 1.54) is 17.5 Å². The predicted molar refractivity (Wildman–Crippen MR) is 75.4 cm³/mol. The summed E-state index contributed by atoms with van der Waals surface area (Å²) in [4.78, 5) is 14.2. The van der Waals surface area contributed by atoms with Crippen LogP contribution in [-0.2, 0) is 6.54 Å². The molecule has 2 rings (SSSR count). The van der Waals surface area contributed by atoms with Crippen molar-refractivity contribution < 1.29 is 5.11 Å². The van der Waals surface area contributed by atoms with Gasteiger partial charge in [-0.05, 0) is 31.6 Å². The average molecular weight is 265 g/mol. The second kappa shape index (κ2) is 6.70. The first-order valence-corrected chi connectivity index (χ1v) is 7.13. The third-order valence-electron chi connectivity index (χ3n) is 3.78. The van der Waals surface area contributed by atoms with Crippen LogP contribution >= 0.6 is 0 Å². The standard InChI is InChI=1S/C14H23N3O2/c1-12-4-7-16(8-5-12)13-10-14(19)17(15-11-13)6-2-3-9-18/h10-12,18H,2-9H2,1H3. The van der Waals surface area contributed by atoms with Crippen molar-refractivity contribution in [1.29, 1.82) is 0 Å². The molecular formula is C14H23N3O2. The lowest BCUT2D eigenvalue weighted by Gasteiger charge is -2.31. The third kappa shape index (κ3) is 3.80. The first kappa shape index (κ1) is 14.1. The predicted octanol–water partition coefficient (Wildman–Crippen LogP) is 1.25. The number of hydrogen-bond acceptors (Lipinski definition) is 4.